The van der Waals surface area contributed by atoms with E-state index in [1.165, 1.54) is 18.4 Å². The van der Waals surface area contributed by atoms with Crippen LogP contribution in [0.2, 0.25) is 0 Å². The molecule has 16 heavy (non-hydrogen) atoms. The SMILES string of the molecule is C=Cn1cc(CNCCN(C)C2CC2)cn1. The molecule has 1 aromatic rings. The average molecular weight is 220 g/mol. The van der Waals surface area contributed by atoms with Crippen LogP contribution in [0.5, 0.6) is 0 Å². The fourth-order valence-corrected chi connectivity index (χ4v) is 1.75. The molecule has 1 heterocycles. The van der Waals surface area contributed by atoms with Gasteiger partial charge in [0.1, 0.15) is 0 Å². The smallest absolute Gasteiger partial charge is 0.0538 e. The molecule has 4 nitrogen and oxygen atoms in total. The summed E-state index contributed by atoms with van der Waals surface area (Å²) < 4.78 is 1.73. The first-order valence-electron chi connectivity index (χ1n) is 5.86. The van der Waals surface area contributed by atoms with Gasteiger partial charge in [-0.05, 0) is 19.9 Å². The van der Waals surface area contributed by atoms with Gasteiger partial charge in [-0.3, -0.25) is 0 Å². The van der Waals surface area contributed by atoms with E-state index in [2.05, 4.69) is 28.9 Å². The first-order valence-corrected chi connectivity index (χ1v) is 5.86. The maximum atomic E-state index is 4.13. The zero-order valence-electron chi connectivity index (χ0n) is 9.89. The highest BCUT2D eigenvalue weighted by molar-refractivity contribution is 5.17. The Labute approximate surface area is 96.9 Å². The van der Waals surface area contributed by atoms with Crippen LogP contribution < -0.4 is 5.32 Å². The van der Waals surface area contributed by atoms with Crippen molar-refractivity contribution in [2.75, 3.05) is 20.1 Å². The van der Waals surface area contributed by atoms with Crippen molar-refractivity contribution in [1.29, 1.82) is 0 Å². The van der Waals surface area contributed by atoms with Crippen molar-refractivity contribution < 1.29 is 0 Å². The Morgan fingerprint density at radius 3 is 3.12 bits per heavy atom. The minimum atomic E-state index is 0.852. The van der Waals surface area contributed by atoms with E-state index < -0.39 is 0 Å². The van der Waals surface area contributed by atoms with Gasteiger partial charge in [0.2, 0.25) is 0 Å². The fraction of sp³-hybridized carbons (Fsp3) is 0.583. The highest BCUT2D eigenvalue weighted by atomic mass is 15.2. The molecule has 0 unspecified atom stereocenters. The van der Waals surface area contributed by atoms with E-state index in [0.29, 0.717) is 0 Å². The lowest BCUT2D eigenvalue weighted by Gasteiger charge is -2.15. The molecule has 1 N–H and O–H groups in total. The lowest BCUT2D eigenvalue weighted by atomic mass is 10.3. The molecular weight excluding hydrogens is 200 g/mol. The molecule has 1 saturated carbocycles. The number of hydrogen-bond acceptors (Lipinski definition) is 3. The summed E-state index contributed by atoms with van der Waals surface area (Å²) in [5.74, 6) is 0. The predicted molar refractivity (Wildman–Crippen MR) is 66.0 cm³/mol. The zero-order valence-corrected chi connectivity index (χ0v) is 9.89. The highest BCUT2D eigenvalue weighted by Gasteiger charge is 2.25. The Bertz CT molecular complexity index is 341. The summed E-state index contributed by atoms with van der Waals surface area (Å²) in [7, 11) is 2.20. The lowest BCUT2D eigenvalue weighted by molar-refractivity contribution is 0.321. The number of nitrogens with zero attached hydrogens (tertiary/aromatic N) is 3. The van der Waals surface area contributed by atoms with Gasteiger partial charge in [-0.15, -0.1) is 0 Å². The highest BCUT2D eigenvalue weighted by Crippen LogP contribution is 2.24. The first-order chi connectivity index (χ1) is 7.79. The van der Waals surface area contributed by atoms with Crippen LogP contribution in [0.1, 0.15) is 18.4 Å². The van der Waals surface area contributed by atoms with Crippen molar-refractivity contribution >= 4 is 6.20 Å². The molecule has 4 heteroatoms. The number of nitrogens with one attached hydrogen (secondary N) is 1. The number of rotatable bonds is 7. The normalized spacial score (nSPS) is 15.6. The molecule has 0 aliphatic heterocycles. The third kappa shape index (κ3) is 3.18. The lowest BCUT2D eigenvalue weighted by Crippen LogP contribution is -2.30. The summed E-state index contributed by atoms with van der Waals surface area (Å²) in [6, 6.07) is 0.852. The van der Waals surface area contributed by atoms with Crippen LogP contribution in [-0.4, -0.2) is 40.9 Å². The fourth-order valence-electron chi connectivity index (χ4n) is 1.75. The molecular formula is C12H20N4. The van der Waals surface area contributed by atoms with E-state index in [1.54, 1.807) is 10.9 Å². The summed E-state index contributed by atoms with van der Waals surface area (Å²) in [6.45, 7) is 6.70. The first kappa shape index (κ1) is 11.4. The van der Waals surface area contributed by atoms with Crippen LogP contribution in [0.25, 0.3) is 6.20 Å². The van der Waals surface area contributed by atoms with E-state index in [-0.39, 0.29) is 0 Å². The van der Waals surface area contributed by atoms with Crippen LogP contribution in [0.3, 0.4) is 0 Å². The van der Waals surface area contributed by atoms with E-state index in [1.807, 2.05) is 12.4 Å². The van der Waals surface area contributed by atoms with Gasteiger partial charge in [-0.2, -0.15) is 5.10 Å². The summed E-state index contributed by atoms with van der Waals surface area (Å²) in [4.78, 5) is 2.43. The average Bonchev–Trinajstić information content (AvgIpc) is 3.04. The van der Waals surface area contributed by atoms with Gasteiger partial charge < -0.3 is 10.2 Å². The van der Waals surface area contributed by atoms with E-state index in [9.17, 15) is 0 Å². The number of likely N-dealkylation sites (N-methyl/N-ethyl adjacent to an activating group) is 1. The Morgan fingerprint density at radius 2 is 2.50 bits per heavy atom. The van der Waals surface area contributed by atoms with E-state index in [4.69, 9.17) is 0 Å². The summed E-state index contributed by atoms with van der Waals surface area (Å²) in [5.41, 5.74) is 1.20. The molecule has 1 aliphatic rings. The standard InChI is InChI=1S/C12H20N4/c1-3-16-10-11(9-14-16)8-13-6-7-15(2)12-4-5-12/h3,9-10,12-13H,1,4-8H2,2H3. The molecule has 0 saturated heterocycles. The van der Waals surface area contributed by atoms with E-state index in [0.717, 1.165) is 25.7 Å². The second-order valence-electron chi connectivity index (χ2n) is 4.40. The Balaban J connectivity index is 1.61. The van der Waals surface area contributed by atoms with Gasteiger partial charge in [0.05, 0.1) is 6.20 Å². The van der Waals surface area contributed by atoms with Gasteiger partial charge in [0, 0.05) is 43.6 Å². The summed E-state index contributed by atoms with van der Waals surface area (Å²) >= 11 is 0. The molecule has 1 fully saturated rings. The molecule has 0 amide bonds. The topological polar surface area (TPSA) is 33.1 Å². The second kappa shape index (κ2) is 5.27. The van der Waals surface area contributed by atoms with Crippen LogP contribution in [0.15, 0.2) is 19.0 Å². The Morgan fingerprint density at radius 1 is 1.69 bits per heavy atom. The van der Waals surface area contributed by atoms with Gasteiger partial charge in [-0.1, -0.05) is 6.58 Å². The second-order valence-corrected chi connectivity index (χ2v) is 4.40. The van der Waals surface area contributed by atoms with E-state index >= 15 is 0 Å². The minimum absolute atomic E-state index is 0.852. The molecule has 0 radical (unpaired) electrons. The number of aromatic nitrogens is 2. The Kier molecular flexibility index (Phi) is 3.74. The molecule has 0 bridgehead atoms. The maximum Gasteiger partial charge on any atom is 0.0538 e. The van der Waals surface area contributed by atoms with Crippen molar-refractivity contribution in [3.63, 3.8) is 0 Å². The van der Waals surface area contributed by atoms with Crippen molar-refractivity contribution in [3.05, 3.63) is 24.5 Å². The van der Waals surface area contributed by atoms with Crippen LogP contribution >= 0.6 is 0 Å². The van der Waals surface area contributed by atoms with Crippen molar-refractivity contribution in [1.82, 2.24) is 20.0 Å². The minimum Gasteiger partial charge on any atom is -0.311 e. The molecule has 0 aromatic carbocycles. The molecule has 0 spiro atoms. The molecule has 1 aromatic heterocycles. The summed E-state index contributed by atoms with van der Waals surface area (Å²) in [6.07, 6.45) is 8.32. The van der Waals surface area contributed by atoms with Crippen LogP contribution in [0, 0.1) is 0 Å². The Hall–Kier alpha value is -1.13. The molecule has 88 valence electrons. The summed E-state index contributed by atoms with van der Waals surface area (Å²) in [5, 5.41) is 7.56. The number of hydrogen-bond donors (Lipinski definition) is 1. The molecule has 1 aliphatic carbocycles. The largest absolute Gasteiger partial charge is 0.311 e. The van der Waals surface area contributed by atoms with Gasteiger partial charge in [0.15, 0.2) is 0 Å². The third-order valence-corrected chi connectivity index (χ3v) is 2.98. The quantitative estimate of drug-likeness (QED) is 0.700. The molecule has 0 atom stereocenters. The monoisotopic (exact) mass is 220 g/mol. The van der Waals surface area contributed by atoms with Crippen molar-refractivity contribution in [2.24, 2.45) is 0 Å². The van der Waals surface area contributed by atoms with Crippen LogP contribution in [-0.2, 0) is 6.54 Å². The zero-order chi connectivity index (χ0) is 11.4. The van der Waals surface area contributed by atoms with Gasteiger partial charge in [0.25, 0.3) is 0 Å². The predicted octanol–water partition coefficient (Wildman–Crippen LogP) is 1.17. The van der Waals surface area contributed by atoms with Crippen molar-refractivity contribution in [3.8, 4) is 0 Å². The van der Waals surface area contributed by atoms with Gasteiger partial charge >= 0.3 is 0 Å². The maximum absolute atomic E-state index is 4.13. The van der Waals surface area contributed by atoms with Gasteiger partial charge in [-0.25, -0.2) is 4.68 Å². The van der Waals surface area contributed by atoms with Crippen LogP contribution in [0.4, 0.5) is 0 Å². The molecule has 2 rings (SSSR count). The third-order valence-electron chi connectivity index (χ3n) is 2.98. The van der Waals surface area contributed by atoms with Crippen molar-refractivity contribution in [2.45, 2.75) is 25.4 Å².